The maximum absolute atomic E-state index is 5.70. The lowest BCUT2D eigenvalue weighted by Crippen LogP contribution is -2.21. The third-order valence-electron chi connectivity index (χ3n) is 2.98. The fourth-order valence-corrected chi connectivity index (χ4v) is 1.87. The number of ether oxygens (including phenoxy) is 2. The first-order valence-electron chi connectivity index (χ1n) is 6.65. The van der Waals surface area contributed by atoms with Crippen LogP contribution in [0.25, 0.3) is 0 Å². The first-order chi connectivity index (χ1) is 8.88. The van der Waals surface area contributed by atoms with E-state index < -0.39 is 0 Å². The quantitative estimate of drug-likeness (QED) is 0.839. The van der Waals surface area contributed by atoms with E-state index in [1.165, 1.54) is 0 Å². The first-order valence-corrected chi connectivity index (χ1v) is 6.65. The van der Waals surface area contributed by atoms with E-state index in [2.05, 4.69) is 22.2 Å². The Balaban J connectivity index is 1.80. The van der Waals surface area contributed by atoms with Gasteiger partial charge in [0.2, 0.25) is 5.88 Å². The van der Waals surface area contributed by atoms with Gasteiger partial charge in [-0.1, -0.05) is 6.92 Å². The summed E-state index contributed by atoms with van der Waals surface area (Å²) in [6, 6.07) is 0. The molecule has 1 aliphatic rings. The van der Waals surface area contributed by atoms with Crippen LogP contribution in [-0.2, 0) is 4.74 Å². The Kier molecular flexibility index (Phi) is 5.20. The predicted octanol–water partition coefficient (Wildman–Crippen LogP) is 2.10. The average molecular weight is 251 g/mol. The highest BCUT2D eigenvalue weighted by molar-refractivity contribution is 5.32. The van der Waals surface area contributed by atoms with Crippen LogP contribution in [0.3, 0.4) is 0 Å². The summed E-state index contributed by atoms with van der Waals surface area (Å²) in [5.41, 5.74) is 0. The van der Waals surface area contributed by atoms with E-state index in [0.29, 0.717) is 18.4 Å². The Morgan fingerprint density at radius 3 is 3.00 bits per heavy atom. The monoisotopic (exact) mass is 251 g/mol. The highest BCUT2D eigenvalue weighted by Gasteiger charge is 2.14. The van der Waals surface area contributed by atoms with Gasteiger partial charge in [0.05, 0.1) is 19.0 Å². The largest absolute Gasteiger partial charge is 0.476 e. The van der Waals surface area contributed by atoms with E-state index in [1.807, 2.05) is 0 Å². The molecule has 1 aromatic heterocycles. The molecule has 18 heavy (non-hydrogen) atoms. The Hall–Kier alpha value is -1.36. The zero-order chi connectivity index (χ0) is 12.6. The van der Waals surface area contributed by atoms with Gasteiger partial charge in [0, 0.05) is 19.8 Å². The highest BCUT2D eigenvalue weighted by atomic mass is 16.5. The van der Waals surface area contributed by atoms with Crippen molar-refractivity contribution in [3.63, 3.8) is 0 Å². The van der Waals surface area contributed by atoms with Gasteiger partial charge in [0.15, 0.2) is 0 Å². The third kappa shape index (κ3) is 4.14. The molecule has 0 radical (unpaired) electrons. The summed E-state index contributed by atoms with van der Waals surface area (Å²) in [6.45, 7) is 5.41. The molecule has 0 spiro atoms. The zero-order valence-electron chi connectivity index (χ0n) is 10.9. The van der Waals surface area contributed by atoms with Gasteiger partial charge in [-0.15, -0.1) is 0 Å². The molecule has 1 saturated heterocycles. The van der Waals surface area contributed by atoms with Crippen molar-refractivity contribution in [3.8, 4) is 5.88 Å². The molecule has 5 heteroatoms. The van der Waals surface area contributed by atoms with Crippen molar-refractivity contribution < 1.29 is 9.47 Å². The molecule has 2 rings (SSSR count). The second-order valence-electron chi connectivity index (χ2n) is 4.54. The molecule has 1 N–H and O–H groups in total. The summed E-state index contributed by atoms with van der Waals surface area (Å²) in [5, 5.41) is 3.20. The molecule has 0 saturated carbocycles. The van der Waals surface area contributed by atoms with Crippen molar-refractivity contribution in [1.29, 1.82) is 0 Å². The summed E-state index contributed by atoms with van der Waals surface area (Å²) >= 11 is 0. The molecule has 0 aromatic carbocycles. The number of hydrogen-bond acceptors (Lipinski definition) is 5. The summed E-state index contributed by atoms with van der Waals surface area (Å²) in [7, 11) is 0. The van der Waals surface area contributed by atoms with Crippen molar-refractivity contribution >= 4 is 5.82 Å². The van der Waals surface area contributed by atoms with Gasteiger partial charge in [-0.2, -0.15) is 4.98 Å². The molecule has 100 valence electrons. The molecule has 0 bridgehead atoms. The van der Waals surface area contributed by atoms with E-state index in [4.69, 9.17) is 9.47 Å². The van der Waals surface area contributed by atoms with Crippen molar-refractivity contribution in [3.05, 3.63) is 12.4 Å². The predicted molar refractivity (Wildman–Crippen MR) is 69.9 cm³/mol. The minimum Gasteiger partial charge on any atom is -0.476 e. The lowest BCUT2D eigenvalue weighted by molar-refractivity contribution is 0.0490. The molecule has 1 fully saturated rings. The van der Waals surface area contributed by atoms with Gasteiger partial charge in [-0.3, -0.25) is 4.98 Å². The standard InChI is InChI=1S/C13H21N3O2/c1-2-5-15-12-8-14-9-13(16-12)18-10-11-3-6-17-7-4-11/h8-9,11H,2-7,10H2,1H3,(H,15,16). The number of anilines is 1. The van der Waals surface area contributed by atoms with Gasteiger partial charge >= 0.3 is 0 Å². The molecule has 0 unspecified atom stereocenters. The molecule has 2 heterocycles. The Morgan fingerprint density at radius 1 is 1.39 bits per heavy atom. The molecule has 5 nitrogen and oxygen atoms in total. The third-order valence-corrected chi connectivity index (χ3v) is 2.98. The molecule has 0 atom stereocenters. The Labute approximate surface area is 108 Å². The van der Waals surface area contributed by atoms with Gasteiger partial charge < -0.3 is 14.8 Å². The summed E-state index contributed by atoms with van der Waals surface area (Å²) < 4.78 is 11.0. The summed E-state index contributed by atoms with van der Waals surface area (Å²) in [5.74, 6) is 1.96. The fourth-order valence-electron chi connectivity index (χ4n) is 1.87. The molecular weight excluding hydrogens is 230 g/mol. The van der Waals surface area contributed by atoms with Crippen LogP contribution in [-0.4, -0.2) is 36.3 Å². The maximum atomic E-state index is 5.70. The van der Waals surface area contributed by atoms with Crippen LogP contribution in [0.4, 0.5) is 5.82 Å². The average Bonchev–Trinajstić information content (AvgIpc) is 2.44. The van der Waals surface area contributed by atoms with Gasteiger partial charge in [-0.25, -0.2) is 0 Å². The van der Waals surface area contributed by atoms with E-state index in [1.54, 1.807) is 12.4 Å². The van der Waals surface area contributed by atoms with E-state index in [-0.39, 0.29) is 0 Å². The first kappa shape index (κ1) is 13.1. The zero-order valence-corrected chi connectivity index (χ0v) is 10.9. The minimum atomic E-state index is 0.577. The Morgan fingerprint density at radius 2 is 2.22 bits per heavy atom. The van der Waals surface area contributed by atoms with E-state index in [9.17, 15) is 0 Å². The molecular formula is C13H21N3O2. The van der Waals surface area contributed by atoms with Crippen LogP contribution in [0, 0.1) is 5.92 Å². The molecule has 0 amide bonds. The topological polar surface area (TPSA) is 56.3 Å². The summed E-state index contributed by atoms with van der Waals surface area (Å²) in [6.07, 6.45) is 6.59. The lowest BCUT2D eigenvalue weighted by atomic mass is 10.0. The second kappa shape index (κ2) is 7.16. The van der Waals surface area contributed by atoms with Crippen LogP contribution in [0.1, 0.15) is 26.2 Å². The molecule has 0 aliphatic carbocycles. The highest BCUT2D eigenvalue weighted by Crippen LogP contribution is 2.17. The van der Waals surface area contributed by atoms with Crippen LogP contribution in [0.15, 0.2) is 12.4 Å². The lowest BCUT2D eigenvalue weighted by Gasteiger charge is -2.21. The SMILES string of the molecule is CCCNc1cncc(OCC2CCOCC2)n1. The fraction of sp³-hybridized carbons (Fsp3) is 0.692. The van der Waals surface area contributed by atoms with Gasteiger partial charge in [0.1, 0.15) is 5.82 Å². The number of nitrogens with one attached hydrogen (secondary N) is 1. The van der Waals surface area contributed by atoms with E-state index in [0.717, 1.165) is 44.8 Å². The van der Waals surface area contributed by atoms with Crippen LogP contribution in [0.2, 0.25) is 0 Å². The van der Waals surface area contributed by atoms with Crippen LogP contribution >= 0.6 is 0 Å². The summed E-state index contributed by atoms with van der Waals surface area (Å²) in [4.78, 5) is 8.49. The molecule has 1 aliphatic heterocycles. The maximum Gasteiger partial charge on any atom is 0.234 e. The van der Waals surface area contributed by atoms with Crippen molar-refractivity contribution in [2.45, 2.75) is 26.2 Å². The van der Waals surface area contributed by atoms with Crippen molar-refractivity contribution in [2.75, 3.05) is 31.7 Å². The van der Waals surface area contributed by atoms with Crippen LogP contribution in [0.5, 0.6) is 5.88 Å². The van der Waals surface area contributed by atoms with Gasteiger partial charge in [0.25, 0.3) is 0 Å². The normalized spacial score (nSPS) is 16.5. The molecule has 1 aromatic rings. The van der Waals surface area contributed by atoms with E-state index >= 15 is 0 Å². The minimum absolute atomic E-state index is 0.577. The number of hydrogen-bond donors (Lipinski definition) is 1. The Bertz CT molecular complexity index is 354. The number of rotatable bonds is 6. The van der Waals surface area contributed by atoms with Crippen molar-refractivity contribution in [2.24, 2.45) is 5.92 Å². The van der Waals surface area contributed by atoms with Gasteiger partial charge in [-0.05, 0) is 25.2 Å². The van der Waals surface area contributed by atoms with Crippen molar-refractivity contribution in [1.82, 2.24) is 9.97 Å². The van der Waals surface area contributed by atoms with Crippen LogP contribution < -0.4 is 10.1 Å². The smallest absolute Gasteiger partial charge is 0.234 e. The second-order valence-corrected chi connectivity index (χ2v) is 4.54. The number of aromatic nitrogens is 2. The number of nitrogens with zero attached hydrogens (tertiary/aromatic N) is 2.